The minimum atomic E-state index is -0.861. The molecule has 3 nitrogen and oxygen atoms in total. The Morgan fingerprint density at radius 3 is 1.33 bits per heavy atom. The van der Waals surface area contributed by atoms with Crippen LogP contribution >= 0.6 is 0 Å². The van der Waals surface area contributed by atoms with Crippen LogP contribution in [0, 0.1) is 50.0 Å². The molecule has 1 aromatic heterocycles. The van der Waals surface area contributed by atoms with E-state index >= 15 is 0 Å². The monoisotopic (exact) mass is 845 g/mol. The zero-order valence-corrected chi connectivity index (χ0v) is 37.2. The molecule has 0 unspecified atom stereocenters. The molecule has 0 fully saturated rings. The van der Waals surface area contributed by atoms with Crippen LogP contribution in [-0.4, -0.2) is 26.8 Å². The molecule has 0 aliphatic rings. The predicted octanol–water partition coefficient (Wildman–Crippen LogP) is 14.1. The third kappa shape index (κ3) is 16.6. The Labute approximate surface area is 328 Å². The Morgan fingerprint density at radius 2 is 0.979 bits per heavy atom. The van der Waals surface area contributed by atoms with Gasteiger partial charge in [-0.3, -0.25) is 9.98 Å². The number of hydrogen-bond acceptors (Lipinski definition) is 2. The fraction of sp³-hybridized carbons (Fsp3) is 0.524. The first-order chi connectivity index (χ1) is 21.3. The van der Waals surface area contributed by atoms with Crippen molar-refractivity contribution in [3.63, 3.8) is 0 Å². The van der Waals surface area contributed by atoms with Crippen LogP contribution in [-0.2, 0) is 5.54 Å². The van der Waals surface area contributed by atoms with Crippen molar-refractivity contribution in [2.75, 3.05) is 0 Å². The van der Waals surface area contributed by atoms with Crippen LogP contribution < -0.4 is 0 Å². The fourth-order valence-electron chi connectivity index (χ4n) is 4.82. The van der Waals surface area contributed by atoms with Gasteiger partial charge in [0.15, 0.2) is 0 Å². The smallest absolute Gasteiger partial charge is 0.674 e. The predicted molar refractivity (Wildman–Crippen MR) is 219 cm³/mol. The maximum absolute atomic E-state index is 5.36. The summed E-state index contributed by atoms with van der Waals surface area (Å²) in [7, 11) is -1.72. The molecule has 3 rings (SSSR count). The van der Waals surface area contributed by atoms with Gasteiger partial charge in [-0.05, 0) is 53.9 Å². The first kappa shape index (κ1) is 46.7. The number of rotatable bonds is 9. The number of pyridine rings is 1. The molecular formula is C42H68LuN3Si2. The molecular weight excluding hydrogens is 778 g/mol. The number of benzene rings is 2. The molecule has 0 radical (unpaired) electrons. The van der Waals surface area contributed by atoms with E-state index in [0.29, 0.717) is 23.7 Å². The van der Waals surface area contributed by atoms with Gasteiger partial charge in [0, 0.05) is 5.69 Å². The maximum atomic E-state index is 5.36. The van der Waals surface area contributed by atoms with Crippen molar-refractivity contribution in [1.29, 1.82) is 0 Å². The molecule has 0 N–H and O–H groups in total. The average Bonchev–Trinajstić information content (AvgIpc) is 2.90. The van der Waals surface area contributed by atoms with Gasteiger partial charge in [-0.25, -0.2) is 0 Å². The second-order valence-electron chi connectivity index (χ2n) is 17.1. The molecule has 3 aromatic rings. The third-order valence-corrected chi connectivity index (χ3v) is 7.10. The van der Waals surface area contributed by atoms with E-state index in [1.165, 1.54) is 22.3 Å². The van der Waals surface area contributed by atoms with E-state index in [2.05, 4.69) is 183 Å². The molecule has 274 valence electrons. The molecule has 48 heavy (non-hydrogen) atoms. The molecule has 0 saturated heterocycles. The van der Waals surface area contributed by atoms with E-state index in [-0.39, 0.29) is 36.9 Å². The second kappa shape index (κ2) is 19.9. The molecule has 0 bridgehead atoms. The van der Waals surface area contributed by atoms with E-state index < -0.39 is 21.7 Å². The molecule has 0 saturated carbocycles. The summed E-state index contributed by atoms with van der Waals surface area (Å²) in [5.74, 6) is 1.60. The van der Waals surface area contributed by atoms with E-state index in [1.807, 2.05) is 0 Å². The van der Waals surface area contributed by atoms with Gasteiger partial charge in [-0.2, -0.15) is 0 Å². The summed E-state index contributed by atoms with van der Waals surface area (Å²) in [5, 5.41) is 5.36. The molecule has 0 spiro atoms. The number of aromatic nitrogens is 1. The summed E-state index contributed by atoms with van der Waals surface area (Å²) in [6.07, 6.45) is 0. The quantitative estimate of drug-likeness (QED) is 0.120. The van der Waals surface area contributed by atoms with Crippen molar-refractivity contribution in [3.05, 3.63) is 107 Å². The molecule has 0 aliphatic heterocycles. The summed E-state index contributed by atoms with van der Waals surface area (Å²) in [5.41, 5.74) is 9.65. The van der Waals surface area contributed by atoms with Gasteiger partial charge in [0.05, 0.1) is 17.1 Å². The summed E-state index contributed by atoms with van der Waals surface area (Å²) >= 11 is 0. The summed E-state index contributed by atoms with van der Waals surface area (Å²) in [4.78, 5) is 10.3. The Kier molecular flexibility index (Phi) is 19.4. The first-order valence-electron chi connectivity index (χ1n) is 17.6. The second-order valence-corrected chi connectivity index (χ2v) is 27.3. The van der Waals surface area contributed by atoms with Crippen molar-refractivity contribution in [3.8, 4) is 0 Å². The van der Waals surface area contributed by atoms with Crippen LogP contribution in [0.5, 0.6) is 0 Å². The van der Waals surface area contributed by atoms with E-state index in [0.717, 1.165) is 28.5 Å². The zero-order chi connectivity index (χ0) is 36.5. The van der Waals surface area contributed by atoms with Gasteiger partial charge in [0.25, 0.3) is 0 Å². The normalized spacial score (nSPS) is 12.4. The topological polar surface area (TPSA) is 39.4 Å². The van der Waals surface area contributed by atoms with Crippen LogP contribution in [0.1, 0.15) is 133 Å². The Bertz CT molecular complexity index is 1370. The molecule has 2 aromatic carbocycles. The summed E-state index contributed by atoms with van der Waals surface area (Å²) in [6.45, 7) is 45.4. The van der Waals surface area contributed by atoms with Crippen molar-refractivity contribution < 1.29 is 36.9 Å². The van der Waals surface area contributed by atoms with Gasteiger partial charge in [-0.15, -0.1) is 21.8 Å². The van der Waals surface area contributed by atoms with Crippen molar-refractivity contribution in [2.24, 2.45) is 4.99 Å². The van der Waals surface area contributed by atoms with Crippen LogP contribution in [0.4, 0.5) is 11.4 Å². The molecule has 0 aliphatic carbocycles. The number of para-hydroxylation sites is 2. The zero-order valence-electron chi connectivity index (χ0n) is 33.5. The van der Waals surface area contributed by atoms with Gasteiger partial charge < -0.3 is 18.4 Å². The van der Waals surface area contributed by atoms with Crippen LogP contribution in [0.25, 0.3) is 5.32 Å². The third-order valence-electron chi connectivity index (χ3n) is 7.10. The number of aliphatic imine (C=N–C) groups is 1. The SMILES string of the molecule is CC(=Nc1c(C(C)C)cccc1C(C)C)c1cccc(C(C)(C)[N-]c2c(C(C)C)cccc2C(C)C)n1.[CH2-][Si](C)(C)C.[CH2-][Si](C)(C)C.[Lu+3]. The Hall–Kier alpha value is -1.27. The Morgan fingerprint density at radius 1 is 0.646 bits per heavy atom. The minimum absolute atomic E-state index is 0. The van der Waals surface area contributed by atoms with Crippen molar-refractivity contribution in [2.45, 2.75) is 145 Å². The van der Waals surface area contributed by atoms with E-state index in [9.17, 15) is 0 Å². The summed E-state index contributed by atoms with van der Waals surface area (Å²) < 4.78 is 0. The molecule has 6 heteroatoms. The van der Waals surface area contributed by atoms with Gasteiger partial charge >= 0.3 is 36.9 Å². The van der Waals surface area contributed by atoms with E-state index in [1.54, 1.807) is 0 Å². The number of nitrogens with zero attached hydrogens (tertiary/aromatic N) is 3. The van der Waals surface area contributed by atoms with Gasteiger partial charge in [-0.1, -0.05) is 168 Å². The first-order valence-corrected chi connectivity index (χ1v) is 25.0. The van der Waals surface area contributed by atoms with Crippen LogP contribution in [0.2, 0.25) is 39.3 Å². The molecule has 0 atom stereocenters. The minimum Gasteiger partial charge on any atom is -0.674 e. The van der Waals surface area contributed by atoms with Gasteiger partial charge in [0.1, 0.15) is 0 Å². The maximum Gasteiger partial charge on any atom is 3.00 e. The standard InChI is InChI=1S/C34H46N3.2C4H11Si.Lu/c1-21(2)26-15-12-16-27(22(3)4)32(26)35-25(9)30-19-14-20-31(36-30)34(10,11)37-33-28(23(5)6)17-13-18-29(33)24(7)8;2*1-5(2,3)4;/h12-24H,1-11H3;2*1H2,2-4H3;/q3*-1;+3. The number of hydrogen-bond donors (Lipinski definition) is 0. The Balaban J connectivity index is 0.00000175. The fourth-order valence-corrected chi connectivity index (χ4v) is 4.82. The molecule has 0 amide bonds. The van der Waals surface area contributed by atoms with Crippen molar-refractivity contribution in [1.82, 2.24) is 4.98 Å². The van der Waals surface area contributed by atoms with Crippen LogP contribution in [0.3, 0.4) is 0 Å². The molecule has 1 heterocycles. The van der Waals surface area contributed by atoms with E-state index in [4.69, 9.17) is 15.3 Å². The summed E-state index contributed by atoms with van der Waals surface area (Å²) in [6, 6.07) is 19.4. The largest absolute Gasteiger partial charge is 3.00 e. The van der Waals surface area contributed by atoms with Crippen molar-refractivity contribution >= 4 is 33.2 Å². The van der Waals surface area contributed by atoms with Gasteiger partial charge in [0.2, 0.25) is 0 Å². The average molecular weight is 846 g/mol. The van der Waals surface area contributed by atoms with Crippen LogP contribution in [0.15, 0.2) is 59.6 Å².